The van der Waals surface area contributed by atoms with Crippen molar-refractivity contribution in [2.75, 3.05) is 17.3 Å². The lowest BCUT2D eigenvalue weighted by atomic mass is 9.97. The van der Waals surface area contributed by atoms with Gasteiger partial charge in [-0.05, 0) is 56.5 Å². The molecule has 2 aliphatic rings. The zero-order valence-electron chi connectivity index (χ0n) is 14.7. The van der Waals surface area contributed by atoms with Gasteiger partial charge in [0, 0.05) is 35.5 Å². The van der Waals surface area contributed by atoms with Gasteiger partial charge in [0.2, 0.25) is 0 Å². The molecule has 1 fully saturated rings. The summed E-state index contributed by atoms with van der Waals surface area (Å²) in [6, 6.07) is 13.1. The van der Waals surface area contributed by atoms with Gasteiger partial charge in [-0.3, -0.25) is 4.79 Å². The molecule has 1 saturated carbocycles. The van der Waals surface area contributed by atoms with Crippen molar-refractivity contribution >= 4 is 34.5 Å². The fraction of sp³-hybridized carbons (Fsp3) is 0.286. The van der Waals surface area contributed by atoms with Crippen molar-refractivity contribution in [3.8, 4) is 11.1 Å². The van der Waals surface area contributed by atoms with E-state index in [0.717, 1.165) is 33.5 Å². The summed E-state index contributed by atoms with van der Waals surface area (Å²) in [6.45, 7) is 3.92. The minimum atomic E-state index is -0.0513. The molecule has 2 aromatic rings. The number of fused-ring (bicyclic) bond motifs is 1. The van der Waals surface area contributed by atoms with E-state index >= 15 is 0 Å². The molecule has 3 nitrogen and oxygen atoms in total. The number of halogens is 1. The monoisotopic (exact) mass is 352 g/mol. The highest BCUT2D eigenvalue weighted by Gasteiger charge is 2.28. The quantitative estimate of drug-likeness (QED) is 0.755. The maximum Gasteiger partial charge on any atom is 0.256 e. The van der Waals surface area contributed by atoms with Gasteiger partial charge in [-0.1, -0.05) is 29.3 Å². The fourth-order valence-electron chi connectivity index (χ4n) is 3.46. The predicted molar refractivity (Wildman–Crippen MR) is 105 cm³/mol. The molecule has 0 saturated heterocycles. The highest BCUT2D eigenvalue weighted by molar-refractivity contribution is 6.36. The predicted octanol–water partition coefficient (Wildman–Crippen LogP) is 5.35. The van der Waals surface area contributed by atoms with Gasteiger partial charge in [-0.15, -0.1) is 0 Å². The number of nitrogens with one attached hydrogen (secondary N) is 1. The van der Waals surface area contributed by atoms with Gasteiger partial charge in [0.15, 0.2) is 0 Å². The Kier molecular flexibility index (Phi) is 3.84. The zero-order chi connectivity index (χ0) is 17.7. The third-order valence-electron chi connectivity index (χ3n) is 5.03. The molecular weight excluding hydrogens is 332 g/mol. The average molecular weight is 353 g/mol. The maximum absolute atomic E-state index is 12.2. The van der Waals surface area contributed by atoms with Crippen LogP contribution in [0.2, 0.25) is 5.02 Å². The average Bonchev–Trinajstić information content (AvgIpc) is 3.36. The van der Waals surface area contributed by atoms with E-state index in [0.29, 0.717) is 11.1 Å². The standard InChI is InChI=1S/C21H21ClN2O/c1-12(2)20-17-10-16(18(22)11-19(17)23-21(20)25)13-4-6-14(7-5-13)24(3)15-8-9-15/h4-7,10-11,15H,8-9H2,1-3H3,(H,23,25). The molecule has 4 heteroatoms. The Morgan fingerprint density at radius 2 is 1.80 bits per heavy atom. The largest absolute Gasteiger partial charge is 0.372 e. The lowest BCUT2D eigenvalue weighted by Crippen LogP contribution is -2.18. The molecule has 0 spiro atoms. The Morgan fingerprint density at radius 3 is 2.40 bits per heavy atom. The first-order valence-corrected chi connectivity index (χ1v) is 8.99. The van der Waals surface area contributed by atoms with Crippen molar-refractivity contribution in [2.24, 2.45) is 0 Å². The molecule has 1 aliphatic heterocycles. The van der Waals surface area contributed by atoms with E-state index in [1.165, 1.54) is 18.5 Å². The first-order chi connectivity index (χ1) is 12.0. The van der Waals surface area contributed by atoms with Crippen molar-refractivity contribution in [1.82, 2.24) is 0 Å². The molecule has 0 unspecified atom stereocenters. The van der Waals surface area contributed by atoms with Crippen LogP contribution < -0.4 is 10.2 Å². The van der Waals surface area contributed by atoms with Crippen LogP contribution in [0.5, 0.6) is 0 Å². The van der Waals surface area contributed by atoms with Crippen LogP contribution in [0.3, 0.4) is 0 Å². The van der Waals surface area contributed by atoms with E-state index in [-0.39, 0.29) is 5.91 Å². The highest BCUT2D eigenvalue weighted by Crippen LogP contribution is 2.41. The lowest BCUT2D eigenvalue weighted by Gasteiger charge is -2.19. The molecule has 0 aromatic heterocycles. The Labute approximate surface area is 153 Å². The molecule has 1 amide bonds. The van der Waals surface area contributed by atoms with E-state index in [4.69, 9.17) is 11.6 Å². The number of carbonyl (C=O) groups excluding carboxylic acids is 1. The second kappa shape index (κ2) is 5.92. The number of hydrogen-bond acceptors (Lipinski definition) is 2. The fourth-order valence-corrected chi connectivity index (χ4v) is 3.73. The van der Waals surface area contributed by atoms with E-state index in [1.807, 2.05) is 26.0 Å². The zero-order valence-corrected chi connectivity index (χ0v) is 15.4. The summed E-state index contributed by atoms with van der Waals surface area (Å²) >= 11 is 6.50. The van der Waals surface area contributed by atoms with E-state index in [1.54, 1.807) is 0 Å². The highest BCUT2D eigenvalue weighted by atomic mass is 35.5. The van der Waals surface area contributed by atoms with Gasteiger partial charge in [-0.2, -0.15) is 0 Å². The normalized spacial score (nSPS) is 15.8. The smallest absolute Gasteiger partial charge is 0.256 e. The number of amides is 1. The summed E-state index contributed by atoms with van der Waals surface area (Å²) in [5.74, 6) is -0.0513. The summed E-state index contributed by atoms with van der Waals surface area (Å²) in [4.78, 5) is 14.5. The molecule has 0 bridgehead atoms. The van der Waals surface area contributed by atoms with Crippen molar-refractivity contribution in [1.29, 1.82) is 0 Å². The number of carbonyl (C=O) groups is 1. The van der Waals surface area contributed by atoms with Crippen LogP contribution in [0, 0.1) is 0 Å². The number of rotatable bonds is 3. The van der Waals surface area contributed by atoms with Crippen LogP contribution in [-0.4, -0.2) is 19.0 Å². The van der Waals surface area contributed by atoms with Crippen LogP contribution in [0.15, 0.2) is 42.0 Å². The minimum Gasteiger partial charge on any atom is -0.372 e. The van der Waals surface area contributed by atoms with Crippen LogP contribution in [0.4, 0.5) is 11.4 Å². The molecule has 128 valence electrons. The summed E-state index contributed by atoms with van der Waals surface area (Å²) in [7, 11) is 2.15. The van der Waals surface area contributed by atoms with Crippen LogP contribution in [0.25, 0.3) is 16.7 Å². The number of nitrogens with zero attached hydrogens (tertiary/aromatic N) is 1. The Hall–Kier alpha value is -2.26. The Balaban J connectivity index is 1.74. The molecule has 0 radical (unpaired) electrons. The molecule has 2 aromatic carbocycles. The molecule has 1 N–H and O–H groups in total. The molecule has 1 heterocycles. The van der Waals surface area contributed by atoms with Crippen LogP contribution in [-0.2, 0) is 4.79 Å². The summed E-state index contributed by atoms with van der Waals surface area (Å²) in [5.41, 5.74) is 6.72. The van der Waals surface area contributed by atoms with Gasteiger partial charge in [-0.25, -0.2) is 0 Å². The Morgan fingerprint density at radius 1 is 1.12 bits per heavy atom. The van der Waals surface area contributed by atoms with E-state index < -0.39 is 0 Å². The number of anilines is 2. The number of hydrogen-bond donors (Lipinski definition) is 1. The van der Waals surface area contributed by atoms with Gasteiger partial charge in [0.25, 0.3) is 5.91 Å². The third-order valence-corrected chi connectivity index (χ3v) is 5.34. The SMILES string of the molecule is CC(C)=C1C(=O)Nc2cc(Cl)c(-c3ccc(N(C)C4CC4)cc3)cc21. The molecule has 0 atom stereocenters. The minimum absolute atomic E-state index is 0.0513. The first kappa shape index (κ1) is 16.2. The van der Waals surface area contributed by atoms with Crippen molar-refractivity contribution in [2.45, 2.75) is 32.7 Å². The molecule has 4 rings (SSSR count). The van der Waals surface area contributed by atoms with Crippen LogP contribution >= 0.6 is 11.6 Å². The van der Waals surface area contributed by atoms with Gasteiger partial charge < -0.3 is 10.2 Å². The van der Waals surface area contributed by atoms with Gasteiger partial charge in [0.05, 0.1) is 10.7 Å². The van der Waals surface area contributed by atoms with Crippen LogP contribution in [0.1, 0.15) is 32.3 Å². The summed E-state index contributed by atoms with van der Waals surface area (Å²) in [6.07, 6.45) is 2.56. The van der Waals surface area contributed by atoms with E-state index in [9.17, 15) is 4.79 Å². The maximum atomic E-state index is 12.2. The Bertz CT molecular complexity index is 891. The van der Waals surface area contributed by atoms with Crippen molar-refractivity contribution in [3.05, 3.63) is 52.6 Å². The molecular formula is C21H21ClN2O. The second-order valence-electron chi connectivity index (χ2n) is 7.10. The van der Waals surface area contributed by atoms with Gasteiger partial charge >= 0.3 is 0 Å². The summed E-state index contributed by atoms with van der Waals surface area (Å²) < 4.78 is 0. The number of allylic oxidation sites excluding steroid dienone is 1. The van der Waals surface area contributed by atoms with Gasteiger partial charge in [0.1, 0.15) is 0 Å². The second-order valence-corrected chi connectivity index (χ2v) is 7.50. The number of benzene rings is 2. The lowest BCUT2D eigenvalue weighted by molar-refractivity contribution is -0.110. The van der Waals surface area contributed by atoms with E-state index in [2.05, 4.69) is 41.5 Å². The third kappa shape index (κ3) is 2.83. The topological polar surface area (TPSA) is 32.3 Å². The molecule has 1 aliphatic carbocycles. The first-order valence-electron chi connectivity index (χ1n) is 8.61. The van der Waals surface area contributed by atoms with Crippen molar-refractivity contribution in [3.63, 3.8) is 0 Å². The summed E-state index contributed by atoms with van der Waals surface area (Å²) in [5, 5.41) is 3.55. The van der Waals surface area contributed by atoms with Crippen molar-refractivity contribution < 1.29 is 4.79 Å². The molecule has 25 heavy (non-hydrogen) atoms.